The monoisotopic (exact) mass is 587 g/mol. The lowest BCUT2D eigenvalue weighted by Crippen LogP contribution is -2.57. The smallest absolute Gasteiger partial charge is 0.197 e. The molecule has 5 aromatic rings. The van der Waals surface area contributed by atoms with Crippen LogP contribution in [0.2, 0.25) is 0 Å². The highest BCUT2D eigenvalue weighted by molar-refractivity contribution is 6.39. The van der Waals surface area contributed by atoms with Crippen LogP contribution in [0.3, 0.4) is 0 Å². The van der Waals surface area contributed by atoms with Gasteiger partial charge in [0.1, 0.15) is 5.41 Å². The van der Waals surface area contributed by atoms with Gasteiger partial charge in [-0.05, 0) is 48.2 Å². The molecule has 0 saturated carbocycles. The Bertz CT molecular complexity index is 2020. The van der Waals surface area contributed by atoms with Crippen molar-refractivity contribution in [1.29, 1.82) is 0 Å². The first-order valence-electron chi connectivity index (χ1n) is 15.2. The van der Waals surface area contributed by atoms with E-state index in [4.69, 9.17) is 0 Å². The second kappa shape index (κ2) is 9.54. The molecule has 2 aliphatic carbocycles. The van der Waals surface area contributed by atoms with E-state index < -0.39 is 34.5 Å². The molecule has 218 valence electrons. The van der Waals surface area contributed by atoms with E-state index in [0.29, 0.717) is 33.5 Å². The maximum Gasteiger partial charge on any atom is 0.197 e. The summed E-state index contributed by atoms with van der Waals surface area (Å²) in [6.45, 7) is 3.86. The zero-order valence-electron chi connectivity index (χ0n) is 24.9. The minimum atomic E-state index is -1.92. The van der Waals surface area contributed by atoms with Crippen molar-refractivity contribution < 1.29 is 19.2 Å². The van der Waals surface area contributed by atoms with Crippen LogP contribution in [0, 0.1) is 19.3 Å². The second-order valence-corrected chi connectivity index (χ2v) is 12.3. The van der Waals surface area contributed by atoms with Crippen molar-refractivity contribution in [2.45, 2.75) is 31.3 Å². The fraction of sp³-hybridized carbons (Fsp3) is 0.150. The fourth-order valence-corrected chi connectivity index (χ4v) is 8.45. The van der Waals surface area contributed by atoms with Crippen LogP contribution in [0.25, 0.3) is 0 Å². The minimum Gasteiger partial charge on any atom is -0.343 e. The maximum absolute atomic E-state index is 15.4. The summed E-state index contributed by atoms with van der Waals surface area (Å²) in [7, 11) is 0. The predicted octanol–water partition coefficient (Wildman–Crippen LogP) is 7.53. The molecule has 1 heterocycles. The molecular weight excluding hydrogens is 558 g/mol. The number of rotatable bonds is 3. The van der Waals surface area contributed by atoms with E-state index in [2.05, 4.69) is 0 Å². The molecule has 2 atom stereocenters. The van der Waals surface area contributed by atoms with Crippen molar-refractivity contribution in [2.75, 3.05) is 4.90 Å². The van der Waals surface area contributed by atoms with Gasteiger partial charge in [0, 0.05) is 33.9 Å². The Labute approximate surface area is 261 Å². The van der Waals surface area contributed by atoms with Crippen LogP contribution in [-0.2, 0) is 0 Å². The second-order valence-electron chi connectivity index (χ2n) is 12.3. The van der Waals surface area contributed by atoms with E-state index in [1.807, 2.05) is 97.6 Å². The minimum absolute atomic E-state index is 0.304. The number of Topliss-reactive ketones (excluding diaryl/α,β-unsaturated/α-hetero) is 4. The summed E-state index contributed by atoms with van der Waals surface area (Å²) in [6, 6.07) is 37.3. The number of benzene rings is 5. The van der Waals surface area contributed by atoms with Crippen LogP contribution in [-0.4, -0.2) is 28.7 Å². The van der Waals surface area contributed by atoms with Gasteiger partial charge in [-0.15, -0.1) is 0 Å². The van der Waals surface area contributed by atoms with Crippen molar-refractivity contribution in [3.05, 3.63) is 172 Å². The SMILES string of the molecule is Cc1ccccc1[C@H]1N(c2ccccc2)C2(C(=O)c3ccccc3C2=O)[C@@H](c2ccccc2C)C12C(=O)c1ccccc1C2=O. The van der Waals surface area contributed by atoms with E-state index in [9.17, 15) is 0 Å². The largest absolute Gasteiger partial charge is 0.343 e. The highest BCUT2D eigenvalue weighted by Gasteiger charge is 2.81. The predicted molar refractivity (Wildman–Crippen MR) is 172 cm³/mol. The van der Waals surface area contributed by atoms with Crippen LogP contribution in [0.4, 0.5) is 5.69 Å². The van der Waals surface area contributed by atoms with Crippen LogP contribution in [0.5, 0.6) is 0 Å². The topological polar surface area (TPSA) is 71.5 Å². The van der Waals surface area contributed by atoms with E-state index in [-0.39, 0.29) is 11.6 Å². The average Bonchev–Trinajstić information content (AvgIpc) is 3.57. The normalized spacial score (nSPS) is 20.7. The molecule has 8 rings (SSSR count). The van der Waals surface area contributed by atoms with E-state index in [1.54, 1.807) is 48.5 Å². The van der Waals surface area contributed by atoms with Gasteiger partial charge in [-0.3, -0.25) is 19.2 Å². The molecule has 45 heavy (non-hydrogen) atoms. The maximum atomic E-state index is 15.4. The first kappa shape index (κ1) is 27.2. The van der Waals surface area contributed by atoms with Gasteiger partial charge in [0.05, 0.1) is 6.04 Å². The molecule has 0 N–H and O–H groups in total. The summed E-state index contributed by atoms with van der Waals surface area (Å²) in [6.07, 6.45) is 0. The van der Waals surface area contributed by atoms with Crippen molar-refractivity contribution in [3.8, 4) is 0 Å². The number of hydrogen-bond acceptors (Lipinski definition) is 5. The number of aryl methyl sites for hydroxylation is 2. The van der Waals surface area contributed by atoms with Gasteiger partial charge in [0.2, 0.25) is 0 Å². The number of para-hydroxylation sites is 1. The number of anilines is 1. The lowest BCUT2D eigenvalue weighted by molar-refractivity contribution is 0.0619. The Morgan fingerprint density at radius 2 is 0.867 bits per heavy atom. The standard InChI is InChI=1S/C40H29NO4/c1-24-14-6-8-18-27(24)33-39(35(42)29-20-10-11-21-30(29)36(39)43)34(28-19-9-7-15-25(28)2)41(26-16-4-3-5-17-26)40(33)37(44)31-22-12-13-23-32(31)38(40)45/h3-23,33-34H,1-2H3/t33-,34+/m0/s1. The van der Waals surface area contributed by atoms with E-state index >= 15 is 19.2 Å². The van der Waals surface area contributed by atoms with Gasteiger partial charge in [-0.2, -0.15) is 0 Å². The van der Waals surface area contributed by atoms with E-state index in [0.717, 1.165) is 16.7 Å². The molecule has 1 saturated heterocycles. The molecule has 5 aromatic carbocycles. The summed E-state index contributed by atoms with van der Waals surface area (Å²) < 4.78 is 0. The number of hydrogen-bond donors (Lipinski definition) is 0. The molecule has 1 aliphatic heterocycles. The number of fused-ring (bicyclic) bond motifs is 2. The molecule has 0 bridgehead atoms. The van der Waals surface area contributed by atoms with E-state index in [1.165, 1.54) is 0 Å². The van der Waals surface area contributed by atoms with Crippen LogP contribution < -0.4 is 4.90 Å². The third kappa shape index (κ3) is 3.22. The van der Waals surface area contributed by atoms with Crippen LogP contribution in [0.1, 0.15) is 75.6 Å². The summed E-state index contributed by atoms with van der Waals surface area (Å²) >= 11 is 0. The molecule has 5 heteroatoms. The van der Waals surface area contributed by atoms with Gasteiger partial charge in [0.25, 0.3) is 0 Å². The van der Waals surface area contributed by atoms with Crippen molar-refractivity contribution in [3.63, 3.8) is 0 Å². The highest BCUT2D eigenvalue weighted by Crippen LogP contribution is 2.70. The van der Waals surface area contributed by atoms with Gasteiger partial charge in [-0.1, -0.05) is 115 Å². The quantitative estimate of drug-likeness (QED) is 0.204. The van der Waals surface area contributed by atoms with Gasteiger partial charge in [0.15, 0.2) is 28.7 Å². The Morgan fingerprint density at radius 1 is 0.467 bits per heavy atom. The fourth-order valence-electron chi connectivity index (χ4n) is 8.45. The Morgan fingerprint density at radius 3 is 1.36 bits per heavy atom. The summed E-state index contributed by atoms with van der Waals surface area (Å²) in [5.41, 5.74) is 1.11. The van der Waals surface area contributed by atoms with Crippen molar-refractivity contribution in [2.24, 2.45) is 5.41 Å². The molecule has 0 radical (unpaired) electrons. The molecule has 0 aromatic heterocycles. The Hall–Kier alpha value is -5.42. The Balaban J connectivity index is 1.61. The van der Waals surface area contributed by atoms with Gasteiger partial charge < -0.3 is 4.90 Å². The first-order valence-corrected chi connectivity index (χ1v) is 15.2. The molecule has 2 spiro atoms. The first-order chi connectivity index (χ1) is 21.9. The molecule has 1 fully saturated rings. The number of carbonyl (C=O) groups excluding carboxylic acids is 4. The van der Waals surface area contributed by atoms with Gasteiger partial charge in [-0.25, -0.2) is 0 Å². The van der Waals surface area contributed by atoms with Gasteiger partial charge >= 0.3 is 0 Å². The molecule has 5 nitrogen and oxygen atoms in total. The highest BCUT2D eigenvalue weighted by atomic mass is 16.2. The molecule has 3 aliphatic rings. The summed E-state index contributed by atoms with van der Waals surface area (Å²) in [4.78, 5) is 63.2. The Kier molecular flexibility index (Phi) is 5.76. The number of nitrogens with zero attached hydrogens (tertiary/aromatic N) is 1. The third-order valence-corrected chi connectivity index (χ3v) is 10.2. The third-order valence-electron chi connectivity index (χ3n) is 10.2. The zero-order valence-corrected chi connectivity index (χ0v) is 24.9. The zero-order chi connectivity index (χ0) is 31.1. The van der Waals surface area contributed by atoms with Crippen LogP contribution >= 0.6 is 0 Å². The molecular formula is C40H29NO4. The summed E-state index contributed by atoms with van der Waals surface area (Å²) in [5, 5.41) is 0. The van der Waals surface area contributed by atoms with Crippen molar-refractivity contribution >= 4 is 28.8 Å². The number of ketones is 4. The lowest BCUT2D eigenvalue weighted by Gasteiger charge is -2.40. The molecule has 0 unspecified atom stereocenters. The average molecular weight is 588 g/mol. The van der Waals surface area contributed by atoms with Crippen molar-refractivity contribution in [1.82, 2.24) is 0 Å². The molecule has 0 amide bonds. The summed E-state index contributed by atoms with van der Waals surface area (Å²) in [5.74, 6) is -2.65. The number of carbonyl (C=O) groups is 4. The van der Waals surface area contributed by atoms with Crippen LogP contribution in [0.15, 0.2) is 127 Å². The lowest BCUT2D eigenvalue weighted by atomic mass is 9.59.